The van der Waals surface area contributed by atoms with Crippen molar-refractivity contribution in [3.63, 3.8) is 0 Å². The number of hydrogen-bond acceptors (Lipinski definition) is 4. The lowest BCUT2D eigenvalue weighted by molar-refractivity contribution is 0.194. The topological polar surface area (TPSA) is 61.4 Å². The molecule has 0 radical (unpaired) electrons. The van der Waals surface area contributed by atoms with Crippen LogP contribution in [0.3, 0.4) is 0 Å². The summed E-state index contributed by atoms with van der Waals surface area (Å²) in [7, 11) is 0. The number of anilines is 1. The molecule has 3 aromatic rings. The highest BCUT2D eigenvalue weighted by Crippen LogP contribution is 2.26. The molecule has 0 saturated carbocycles. The van der Waals surface area contributed by atoms with Crippen LogP contribution >= 0.6 is 11.6 Å². The molecule has 2 aromatic carbocycles. The largest absolute Gasteiger partial charge is 0.353 e. The van der Waals surface area contributed by atoms with Gasteiger partial charge in [0.25, 0.3) is 0 Å². The molecule has 6 nitrogen and oxygen atoms in total. The van der Waals surface area contributed by atoms with E-state index in [0.29, 0.717) is 30.5 Å². The molecule has 1 aliphatic rings. The Bertz CT molecular complexity index is 1050. The summed E-state index contributed by atoms with van der Waals surface area (Å²) in [5.74, 6) is 1.62. The van der Waals surface area contributed by atoms with E-state index < -0.39 is 0 Å². The molecule has 1 fully saturated rings. The second-order valence-electron chi connectivity index (χ2n) is 7.71. The molecule has 1 aromatic heterocycles. The molecule has 0 spiro atoms. The van der Waals surface area contributed by atoms with Gasteiger partial charge in [0.15, 0.2) is 5.82 Å². The summed E-state index contributed by atoms with van der Waals surface area (Å²) in [6.07, 6.45) is 0. The second kappa shape index (κ2) is 9.35. The van der Waals surface area contributed by atoms with Crippen molar-refractivity contribution < 1.29 is 4.79 Å². The summed E-state index contributed by atoms with van der Waals surface area (Å²) in [4.78, 5) is 26.2. The second-order valence-corrected chi connectivity index (χ2v) is 8.14. The first-order valence-electron chi connectivity index (χ1n) is 10.4. The van der Waals surface area contributed by atoms with Gasteiger partial charge in [0, 0.05) is 54.6 Å². The molecule has 2 heterocycles. The Hall–Kier alpha value is -3.12. The van der Waals surface area contributed by atoms with Gasteiger partial charge in [-0.2, -0.15) is 0 Å². The fourth-order valence-electron chi connectivity index (χ4n) is 3.66. The van der Waals surface area contributed by atoms with Crippen molar-refractivity contribution in [1.82, 2.24) is 20.2 Å². The van der Waals surface area contributed by atoms with Gasteiger partial charge in [0.2, 0.25) is 0 Å². The van der Waals surface area contributed by atoms with E-state index >= 15 is 0 Å². The normalized spacial score (nSPS) is 13.9. The average molecular weight is 436 g/mol. The highest BCUT2D eigenvalue weighted by molar-refractivity contribution is 6.30. The van der Waals surface area contributed by atoms with Crippen molar-refractivity contribution in [3.05, 3.63) is 76.4 Å². The Labute approximate surface area is 187 Å². The Morgan fingerprint density at radius 3 is 2.32 bits per heavy atom. The standard InChI is InChI=1S/C24H26ClN5O/c1-17-18(2)27-22(20-8-10-21(25)11-9-20)28-23(17)29-12-14-30(15-13-29)24(31)26-16-19-6-4-3-5-7-19/h3-11H,12-16H2,1-2H3,(H,26,31). The SMILES string of the molecule is Cc1nc(-c2ccc(Cl)cc2)nc(N2CCN(C(=O)NCc3ccccc3)CC2)c1C. The first kappa shape index (κ1) is 21.1. The van der Waals surface area contributed by atoms with E-state index in [1.165, 1.54) is 0 Å². The van der Waals surface area contributed by atoms with Crippen LogP contribution in [-0.2, 0) is 6.54 Å². The fraction of sp³-hybridized carbons (Fsp3) is 0.292. The molecule has 1 aliphatic heterocycles. The molecule has 7 heteroatoms. The number of nitrogens with zero attached hydrogens (tertiary/aromatic N) is 4. The van der Waals surface area contributed by atoms with E-state index in [1.807, 2.05) is 66.4 Å². The number of nitrogens with one attached hydrogen (secondary N) is 1. The number of carbonyl (C=O) groups excluding carboxylic acids is 1. The van der Waals surface area contributed by atoms with Crippen LogP contribution in [0, 0.1) is 13.8 Å². The first-order valence-corrected chi connectivity index (χ1v) is 10.8. The number of piperazine rings is 1. The molecule has 2 amide bonds. The van der Waals surface area contributed by atoms with E-state index in [2.05, 4.69) is 22.1 Å². The molecule has 0 unspecified atom stereocenters. The van der Waals surface area contributed by atoms with Gasteiger partial charge in [-0.15, -0.1) is 0 Å². The van der Waals surface area contributed by atoms with Gasteiger partial charge in [-0.25, -0.2) is 14.8 Å². The molecular weight excluding hydrogens is 410 g/mol. The van der Waals surface area contributed by atoms with Gasteiger partial charge in [-0.1, -0.05) is 41.9 Å². The quantitative estimate of drug-likeness (QED) is 0.657. The Morgan fingerprint density at radius 1 is 0.968 bits per heavy atom. The van der Waals surface area contributed by atoms with Gasteiger partial charge >= 0.3 is 6.03 Å². The van der Waals surface area contributed by atoms with Crippen LogP contribution in [0.15, 0.2) is 54.6 Å². The summed E-state index contributed by atoms with van der Waals surface area (Å²) >= 11 is 6.02. The van der Waals surface area contributed by atoms with E-state index in [-0.39, 0.29) is 6.03 Å². The van der Waals surface area contributed by atoms with Crippen LogP contribution in [0.5, 0.6) is 0 Å². The molecule has 160 valence electrons. The smallest absolute Gasteiger partial charge is 0.317 e. The Balaban J connectivity index is 1.42. The third kappa shape index (κ3) is 4.97. The summed E-state index contributed by atoms with van der Waals surface area (Å²) in [5.41, 5.74) is 4.06. The number of urea groups is 1. The number of hydrogen-bond donors (Lipinski definition) is 1. The molecule has 0 aliphatic carbocycles. The lowest BCUT2D eigenvalue weighted by atomic mass is 10.1. The third-order valence-electron chi connectivity index (χ3n) is 5.62. The van der Waals surface area contributed by atoms with Crippen molar-refractivity contribution in [3.8, 4) is 11.4 Å². The molecule has 4 rings (SSSR count). The van der Waals surface area contributed by atoms with Crippen molar-refractivity contribution in [2.24, 2.45) is 0 Å². The Morgan fingerprint density at radius 2 is 1.65 bits per heavy atom. The van der Waals surface area contributed by atoms with Crippen LogP contribution in [0.2, 0.25) is 5.02 Å². The van der Waals surface area contributed by atoms with Gasteiger partial charge in [0.1, 0.15) is 5.82 Å². The zero-order chi connectivity index (χ0) is 21.8. The number of aromatic nitrogens is 2. The predicted octanol–water partition coefficient (Wildman–Crippen LogP) is 4.45. The fourth-order valence-corrected chi connectivity index (χ4v) is 3.78. The zero-order valence-electron chi connectivity index (χ0n) is 17.8. The monoisotopic (exact) mass is 435 g/mol. The summed E-state index contributed by atoms with van der Waals surface area (Å²) in [6, 6.07) is 17.5. The minimum Gasteiger partial charge on any atom is -0.353 e. The van der Waals surface area contributed by atoms with Crippen LogP contribution in [-0.4, -0.2) is 47.1 Å². The maximum absolute atomic E-state index is 12.6. The maximum Gasteiger partial charge on any atom is 0.317 e. The van der Waals surface area contributed by atoms with Crippen LogP contribution in [0.1, 0.15) is 16.8 Å². The third-order valence-corrected chi connectivity index (χ3v) is 5.87. The number of aryl methyl sites for hydroxylation is 1. The molecule has 0 atom stereocenters. The zero-order valence-corrected chi connectivity index (χ0v) is 18.6. The van der Waals surface area contributed by atoms with E-state index in [1.54, 1.807) is 0 Å². The average Bonchev–Trinajstić information content (AvgIpc) is 2.80. The first-order chi connectivity index (χ1) is 15.0. The van der Waals surface area contributed by atoms with E-state index in [9.17, 15) is 4.79 Å². The number of halogens is 1. The van der Waals surface area contributed by atoms with Crippen LogP contribution in [0.25, 0.3) is 11.4 Å². The Kier molecular flexibility index (Phi) is 6.37. The van der Waals surface area contributed by atoms with E-state index in [0.717, 1.165) is 41.3 Å². The number of carbonyl (C=O) groups is 1. The molecule has 1 saturated heterocycles. The minimum absolute atomic E-state index is 0.0269. The van der Waals surface area contributed by atoms with Gasteiger partial charge in [-0.3, -0.25) is 0 Å². The predicted molar refractivity (Wildman–Crippen MR) is 124 cm³/mol. The minimum atomic E-state index is -0.0269. The highest BCUT2D eigenvalue weighted by Gasteiger charge is 2.24. The lowest BCUT2D eigenvalue weighted by Gasteiger charge is -2.36. The summed E-state index contributed by atoms with van der Waals surface area (Å²) < 4.78 is 0. The van der Waals surface area contributed by atoms with Gasteiger partial charge in [-0.05, 0) is 43.7 Å². The van der Waals surface area contributed by atoms with Crippen molar-refractivity contribution in [2.75, 3.05) is 31.1 Å². The number of amides is 2. The maximum atomic E-state index is 12.6. The molecule has 1 N–H and O–H groups in total. The van der Waals surface area contributed by atoms with Gasteiger partial charge in [0.05, 0.1) is 0 Å². The van der Waals surface area contributed by atoms with Crippen LogP contribution in [0.4, 0.5) is 10.6 Å². The number of benzene rings is 2. The van der Waals surface area contributed by atoms with E-state index in [4.69, 9.17) is 16.6 Å². The molecular formula is C24H26ClN5O. The summed E-state index contributed by atoms with van der Waals surface area (Å²) in [5, 5.41) is 3.70. The molecule has 31 heavy (non-hydrogen) atoms. The molecule has 0 bridgehead atoms. The van der Waals surface area contributed by atoms with Crippen LogP contribution < -0.4 is 10.2 Å². The van der Waals surface area contributed by atoms with Gasteiger partial charge < -0.3 is 15.1 Å². The highest BCUT2D eigenvalue weighted by atomic mass is 35.5. The van der Waals surface area contributed by atoms with Crippen molar-refractivity contribution in [2.45, 2.75) is 20.4 Å². The lowest BCUT2D eigenvalue weighted by Crippen LogP contribution is -2.52. The number of rotatable bonds is 4. The van der Waals surface area contributed by atoms with Crippen molar-refractivity contribution in [1.29, 1.82) is 0 Å². The summed E-state index contributed by atoms with van der Waals surface area (Å²) in [6.45, 7) is 7.36. The van der Waals surface area contributed by atoms with Crippen molar-refractivity contribution >= 4 is 23.4 Å².